The number of carbonyl (C=O) groups excluding carboxylic acids is 3. The highest BCUT2D eigenvalue weighted by atomic mass is 35.5. The molecule has 0 spiro atoms. The first-order valence-electron chi connectivity index (χ1n) is 11.8. The molecule has 11 heteroatoms. The van der Waals surface area contributed by atoms with Crippen molar-refractivity contribution in [3.05, 3.63) is 76.3 Å². The molecule has 5 rings (SSSR count). The fourth-order valence-electron chi connectivity index (χ4n) is 4.17. The maximum absolute atomic E-state index is 12.7. The molecule has 0 radical (unpaired) electrons. The van der Waals surface area contributed by atoms with Crippen LogP contribution in [0.3, 0.4) is 0 Å². The van der Waals surface area contributed by atoms with Gasteiger partial charge in [-0.25, -0.2) is 0 Å². The summed E-state index contributed by atoms with van der Waals surface area (Å²) in [5, 5.41) is 6.13. The zero-order chi connectivity index (χ0) is 26.6. The average Bonchev–Trinajstić information content (AvgIpc) is 3.55. The van der Waals surface area contributed by atoms with Gasteiger partial charge in [-0.2, -0.15) is 0 Å². The first kappa shape index (κ1) is 25.7. The van der Waals surface area contributed by atoms with Gasteiger partial charge < -0.3 is 29.7 Å². The number of rotatable bonds is 8. The summed E-state index contributed by atoms with van der Waals surface area (Å²) < 4.78 is 16.2. The lowest BCUT2D eigenvalue weighted by Crippen LogP contribution is -2.32. The molecule has 0 bridgehead atoms. The van der Waals surface area contributed by atoms with E-state index in [1.54, 1.807) is 53.4 Å². The zero-order valence-corrected chi connectivity index (χ0v) is 21.6. The van der Waals surface area contributed by atoms with E-state index in [2.05, 4.69) is 10.6 Å². The summed E-state index contributed by atoms with van der Waals surface area (Å²) >= 11 is 12.0. The lowest BCUT2D eigenvalue weighted by molar-refractivity contribution is -0.126. The molecule has 0 unspecified atom stereocenters. The lowest BCUT2D eigenvalue weighted by Gasteiger charge is -2.17. The molecule has 196 valence electrons. The summed E-state index contributed by atoms with van der Waals surface area (Å²) in [6, 6.07) is 17.2. The highest BCUT2D eigenvalue weighted by molar-refractivity contribution is 6.44. The minimum Gasteiger partial charge on any atom is -0.484 e. The molecular weight excluding hydrogens is 533 g/mol. The first-order valence-corrected chi connectivity index (χ1v) is 12.6. The number of benzene rings is 3. The van der Waals surface area contributed by atoms with Crippen LogP contribution in [0, 0.1) is 5.92 Å². The predicted molar refractivity (Wildman–Crippen MR) is 142 cm³/mol. The Balaban J connectivity index is 1.11. The fourth-order valence-corrected chi connectivity index (χ4v) is 4.52. The molecule has 1 fully saturated rings. The Morgan fingerprint density at radius 2 is 1.82 bits per heavy atom. The molecule has 0 saturated carbocycles. The molecule has 2 heterocycles. The number of halogens is 2. The van der Waals surface area contributed by atoms with E-state index in [1.807, 2.05) is 12.1 Å². The molecule has 3 aromatic rings. The third-order valence-corrected chi connectivity index (χ3v) is 6.96. The largest absolute Gasteiger partial charge is 0.484 e. The Morgan fingerprint density at radius 1 is 1.03 bits per heavy atom. The van der Waals surface area contributed by atoms with Crippen LogP contribution >= 0.6 is 23.2 Å². The number of ether oxygens (including phenoxy) is 3. The summed E-state index contributed by atoms with van der Waals surface area (Å²) in [4.78, 5) is 39.2. The molecule has 38 heavy (non-hydrogen) atoms. The van der Waals surface area contributed by atoms with Gasteiger partial charge in [0.15, 0.2) is 18.1 Å². The minimum absolute atomic E-state index is 0.122. The standard InChI is InChI=1S/C27H23Cl2N3O6/c28-20-2-1-3-21(26(20)29)31-24(33)14-36-19-7-5-18(6-8-19)32-13-17(11-25(32)34)27(35)30-12-16-4-9-22-23(10-16)38-15-37-22/h1-10,17H,11-15H2,(H,30,35)(H,31,33)/t17-/m0/s1. The quantitative estimate of drug-likeness (QED) is 0.426. The van der Waals surface area contributed by atoms with Gasteiger partial charge in [-0.1, -0.05) is 35.3 Å². The summed E-state index contributed by atoms with van der Waals surface area (Å²) in [6.07, 6.45) is 0.122. The molecule has 0 aliphatic carbocycles. The van der Waals surface area contributed by atoms with E-state index < -0.39 is 11.8 Å². The molecule has 3 aromatic carbocycles. The van der Waals surface area contributed by atoms with Crippen LogP contribution in [0.1, 0.15) is 12.0 Å². The van der Waals surface area contributed by atoms with Crippen molar-refractivity contribution in [2.75, 3.05) is 30.2 Å². The van der Waals surface area contributed by atoms with Crippen molar-refractivity contribution in [3.8, 4) is 17.2 Å². The summed E-state index contributed by atoms with van der Waals surface area (Å²) in [6.45, 7) is 0.543. The second-order valence-corrected chi connectivity index (χ2v) is 9.53. The van der Waals surface area contributed by atoms with Gasteiger partial charge in [0.05, 0.1) is 21.7 Å². The van der Waals surface area contributed by atoms with Crippen molar-refractivity contribution in [1.82, 2.24) is 5.32 Å². The van der Waals surface area contributed by atoms with E-state index in [0.29, 0.717) is 40.2 Å². The normalized spacial score (nSPS) is 15.9. The molecular formula is C27H23Cl2N3O6. The Bertz CT molecular complexity index is 1380. The van der Waals surface area contributed by atoms with E-state index in [1.165, 1.54) is 0 Å². The van der Waals surface area contributed by atoms with Crippen LogP contribution in [-0.4, -0.2) is 37.7 Å². The van der Waals surface area contributed by atoms with Gasteiger partial charge in [0.1, 0.15) is 5.75 Å². The third kappa shape index (κ3) is 5.79. The van der Waals surface area contributed by atoms with E-state index in [9.17, 15) is 14.4 Å². The molecule has 1 saturated heterocycles. The van der Waals surface area contributed by atoms with Gasteiger partial charge in [0, 0.05) is 25.2 Å². The SMILES string of the molecule is O=C(COc1ccc(N2C[C@@H](C(=O)NCc3ccc4c(c3)OCO4)CC2=O)cc1)Nc1cccc(Cl)c1Cl. The highest BCUT2D eigenvalue weighted by Gasteiger charge is 2.35. The van der Waals surface area contributed by atoms with Gasteiger partial charge in [-0.15, -0.1) is 0 Å². The van der Waals surface area contributed by atoms with Crippen LogP contribution in [0.15, 0.2) is 60.7 Å². The maximum Gasteiger partial charge on any atom is 0.262 e. The Labute approximate surface area is 228 Å². The van der Waals surface area contributed by atoms with Crippen molar-refractivity contribution in [2.24, 2.45) is 5.92 Å². The Kier molecular flexibility index (Phi) is 7.57. The summed E-state index contributed by atoms with van der Waals surface area (Å²) in [5.74, 6) is 0.587. The van der Waals surface area contributed by atoms with Gasteiger partial charge >= 0.3 is 0 Å². The van der Waals surface area contributed by atoms with Gasteiger partial charge in [-0.3, -0.25) is 14.4 Å². The van der Waals surface area contributed by atoms with Crippen LogP contribution < -0.4 is 29.7 Å². The van der Waals surface area contributed by atoms with Crippen molar-refractivity contribution < 1.29 is 28.6 Å². The topological polar surface area (TPSA) is 106 Å². The van der Waals surface area contributed by atoms with Crippen LogP contribution in [-0.2, 0) is 20.9 Å². The fraction of sp³-hybridized carbons (Fsp3) is 0.222. The van der Waals surface area contributed by atoms with Crippen molar-refractivity contribution in [2.45, 2.75) is 13.0 Å². The number of anilines is 2. The van der Waals surface area contributed by atoms with E-state index >= 15 is 0 Å². The molecule has 2 N–H and O–H groups in total. The van der Waals surface area contributed by atoms with Gasteiger partial charge in [0.2, 0.25) is 18.6 Å². The van der Waals surface area contributed by atoms with Crippen LogP contribution in [0.4, 0.5) is 11.4 Å². The molecule has 3 amide bonds. The van der Waals surface area contributed by atoms with Crippen LogP contribution in [0.2, 0.25) is 10.0 Å². The van der Waals surface area contributed by atoms with E-state index in [4.69, 9.17) is 37.4 Å². The van der Waals surface area contributed by atoms with Crippen LogP contribution in [0.25, 0.3) is 0 Å². The Hall–Kier alpha value is -3.95. The number of carbonyl (C=O) groups is 3. The number of amides is 3. The molecule has 2 aliphatic rings. The number of nitrogens with one attached hydrogen (secondary N) is 2. The second-order valence-electron chi connectivity index (χ2n) is 8.74. The van der Waals surface area contributed by atoms with Crippen molar-refractivity contribution in [3.63, 3.8) is 0 Å². The molecule has 1 atom stereocenters. The van der Waals surface area contributed by atoms with Crippen molar-refractivity contribution >= 4 is 52.3 Å². The monoisotopic (exact) mass is 555 g/mol. The van der Waals surface area contributed by atoms with Gasteiger partial charge in [-0.05, 0) is 54.1 Å². The lowest BCUT2D eigenvalue weighted by atomic mass is 10.1. The smallest absolute Gasteiger partial charge is 0.262 e. The molecule has 2 aliphatic heterocycles. The van der Waals surface area contributed by atoms with E-state index in [-0.39, 0.29) is 43.2 Å². The molecule has 0 aromatic heterocycles. The highest BCUT2D eigenvalue weighted by Crippen LogP contribution is 2.33. The average molecular weight is 556 g/mol. The maximum atomic E-state index is 12.7. The summed E-state index contributed by atoms with van der Waals surface area (Å²) in [7, 11) is 0. The molecule has 9 nitrogen and oxygen atoms in total. The van der Waals surface area contributed by atoms with E-state index in [0.717, 1.165) is 5.56 Å². The number of fused-ring (bicyclic) bond motifs is 1. The van der Waals surface area contributed by atoms with Gasteiger partial charge in [0.25, 0.3) is 5.91 Å². The predicted octanol–water partition coefficient (Wildman–Crippen LogP) is 4.41. The minimum atomic E-state index is -0.463. The first-order chi connectivity index (χ1) is 18.4. The second kappa shape index (κ2) is 11.2. The van der Waals surface area contributed by atoms with Crippen LogP contribution in [0.5, 0.6) is 17.2 Å². The Morgan fingerprint density at radius 3 is 2.63 bits per heavy atom. The number of hydrogen-bond donors (Lipinski definition) is 2. The van der Waals surface area contributed by atoms with Crippen molar-refractivity contribution in [1.29, 1.82) is 0 Å². The number of nitrogens with zero attached hydrogens (tertiary/aromatic N) is 1. The third-order valence-electron chi connectivity index (χ3n) is 6.14. The number of hydrogen-bond acceptors (Lipinski definition) is 6. The summed E-state index contributed by atoms with van der Waals surface area (Å²) in [5.41, 5.74) is 1.91. The zero-order valence-electron chi connectivity index (χ0n) is 20.0.